The third-order valence-electron chi connectivity index (χ3n) is 5.13. The zero-order chi connectivity index (χ0) is 14.8. The standard InChI is InChI=1S/C19H16N2S/c1-3-12-11(2)19-21-17-14(12)9-6-10-15(17)13-7-4-5-8-16(13)18(21)20-22-19/h3-12,19H,1H2,2H3. The number of rotatable bonds is 1. The number of hydrogen-bond acceptors (Lipinski definition) is 3. The highest BCUT2D eigenvalue weighted by molar-refractivity contribution is 7.99. The van der Waals surface area contributed by atoms with Crippen molar-refractivity contribution in [2.75, 3.05) is 4.90 Å². The fourth-order valence-electron chi connectivity index (χ4n) is 4.09. The van der Waals surface area contributed by atoms with E-state index in [1.54, 1.807) is 11.9 Å². The Kier molecular flexibility index (Phi) is 2.43. The number of anilines is 1. The van der Waals surface area contributed by atoms with E-state index >= 15 is 0 Å². The molecule has 3 unspecified atom stereocenters. The third kappa shape index (κ3) is 1.35. The zero-order valence-electron chi connectivity index (χ0n) is 12.4. The van der Waals surface area contributed by atoms with Gasteiger partial charge in [0.25, 0.3) is 0 Å². The van der Waals surface area contributed by atoms with E-state index in [1.807, 2.05) is 0 Å². The Morgan fingerprint density at radius 3 is 2.68 bits per heavy atom. The van der Waals surface area contributed by atoms with Gasteiger partial charge in [0.15, 0.2) is 0 Å². The molecule has 5 rings (SSSR count). The highest BCUT2D eigenvalue weighted by Crippen LogP contribution is 2.55. The SMILES string of the molecule is C=CC1c2cccc3c2N2C(=NSC2C1C)c1ccccc1-3. The van der Waals surface area contributed by atoms with Crippen molar-refractivity contribution in [3.8, 4) is 11.1 Å². The quantitative estimate of drug-likeness (QED) is 0.554. The first-order chi connectivity index (χ1) is 10.8. The minimum Gasteiger partial charge on any atom is -0.310 e. The van der Waals surface area contributed by atoms with Gasteiger partial charge in [0.05, 0.1) is 5.69 Å². The van der Waals surface area contributed by atoms with Gasteiger partial charge in [-0.05, 0) is 17.0 Å². The van der Waals surface area contributed by atoms with Crippen LogP contribution in [0.4, 0.5) is 5.69 Å². The van der Waals surface area contributed by atoms with E-state index in [0.29, 0.717) is 17.2 Å². The molecule has 0 spiro atoms. The van der Waals surface area contributed by atoms with E-state index in [2.05, 4.69) is 66.9 Å². The maximum Gasteiger partial charge on any atom is 0.150 e. The molecule has 0 saturated carbocycles. The van der Waals surface area contributed by atoms with Gasteiger partial charge in [-0.25, -0.2) is 0 Å². The molecule has 0 bridgehead atoms. The zero-order valence-corrected chi connectivity index (χ0v) is 13.2. The van der Waals surface area contributed by atoms with Crippen LogP contribution in [0.5, 0.6) is 0 Å². The van der Waals surface area contributed by atoms with Crippen LogP contribution in [0, 0.1) is 5.92 Å². The molecule has 0 aliphatic carbocycles. The first kappa shape index (κ1) is 12.5. The van der Waals surface area contributed by atoms with Gasteiger partial charge in [-0.2, -0.15) is 4.40 Å². The van der Waals surface area contributed by atoms with Gasteiger partial charge in [-0.3, -0.25) is 0 Å². The van der Waals surface area contributed by atoms with Crippen LogP contribution < -0.4 is 4.90 Å². The van der Waals surface area contributed by atoms with E-state index in [0.717, 1.165) is 5.84 Å². The van der Waals surface area contributed by atoms with Crippen molar-refractivity contribution >= 4 is 23.5 Å². The lowest BCUT2D eigenvalue weighted by Gasteiger charge is -2.44. The molecule has 3 heterocycles. The van der Waals surface area contributed by atoms with E-state index in [9.17, 15) is 0 Å². The summed E-state index contributed by atoms with van der Waals surface area (Å²) in [5, 5.41) is 0.375. The van der Waals surface area contributed by atoms with Crippen LogP contribution >= 0.6 is 11.9 Å². The summed E-state index contributed by atoms with van der Waals surface area (Å²) in [5.41, 5.74) is 6.62. The molecular formula is C19H16N2S. The van der Waals surface area contributed by atoms with Crippen LogP contribution in [0.1, 0.15) is 24.0 Å². The van der Waals surface area contributed by atoms with E-state index in [1.165, 1.54) is 27.9 Å². The van der Waals surface area contributed by atoms with Crippen LogP contribution in [-0.2, 0) is 0 Å². The Bertz CT molecular complexity index is 839. The number of para-hydroxylation sites is 1. The first-order valence-corrected chi connectivity index (χ1v) is 8.53. The van der Waals surface area contributed by atoms with Gasteiger partial charge in [0.1, 0.15) is 11.2 Å². The summed E-state index contributed by atoms with van der Waals surface area (Å²) >= 11 is 1.71. The van der Waals surface area contributed by atoms with E-state index in [-0.39, 0.29) is 0 Å². The predicted molar refractivity (Wildman–Crippen MR) is 94.4 cm³/mol. The Hall–Kier alpha value is -2.00. The van der Waals surface area contributed by atoms with Gasteiger partial charge in [0.2, 0.25) is 0 Å². The molecule has 22 heavy (non-hydrogen) atoms. The second-order valence-electron chi connectivity index (χ2n) is 6.19. The molecule has 3 heteroatoms. The number of allylic oxidation sites excluding steroid dienone is 1. The lowest BCUT2D eigenvalue weighted by Crippen LogP contribution is -2.46. The Labute approximate surface area is 134 Å². The molecule has 0 amide bonds. The highest BCUT2D eigenvalue weighted by atomic mass is 32.2. The first-order valence-electron chi connectivity index (χ1n) is 7.69. The average molecular weight is 304 g/mol. The normalized spacial score (nSPS) is 27.0. The minimum atomic E-state index is 0.375. The summed E-state index contributed by atoms with van der Waals surface area (Å²) in [6.07, 6.45) is 2.11. The number of benzene rings is 2. The Morgan fingerprint density at radius 2 is 1.86 bits per heavy atom. The maximum atomic E-state index is 4.83. The Balaban J connectivity index is 1.90. The average Bonchev–Trinajstić information content (AvgIpc) is 3.01. The molecule has 2 aromatic rings. The molecule has 0 fully saturated rings. The van der Waals surface area contributed by atoms with Crippen molar-refractivity contribution in [1.82, 2.24) is 0 Å². The van der Waals surface area contributed by atoms with Crippen molar-refractivity contribution in [3.05, 3.63) is 66.2 Å². The summed E-state index contributed by atoms with van der Waals surface area (Å²) < 4.78 is 4.83. The molecule has 0 saturated heterocycles. The number of amidine groups is 1. The Morgan fingerprint density at radius 1 is 1.09 bits per heavy atom. The molecule has 2 nitrogen and oxygen atoms in total. The highest BCUT2D eigenvalue weighted by Gasteiger charge is 2.46. The summed E-state index contributed by atoms with van der Waals surface area (Å²) in [5.74, 6) is 2.01. The number of nitrogens with zero attached hydrogens (tertiary/aromatic N) is 2. The van der Waals surface area contributed by atoms with E-state index < -0.39 is 0 Å². The van der Waals surface area contributed by atoms with Gasteiger partial charge in [-0.15, -0.1) is 6.58 Å². The minimum absolute atomic E-state index is 0.375. The molecular weight excluding hydrogens is 288 g/mol. The second kappa shape index (κ2) is 4.26. The topological polar surface area (TPSA) is 15.6 Å². The molecule has 0 radical (unpaired) electrons. The summed E-state index contributed by atoms with van der Waals surface area (Å²) in [4.78, 5) is 2.46. The van der Waals surface area contributed by atoms with Crippen molar-refractivity contribution in [1.29, 1.82) is 0 Å². The number of fused-ring (bicyclic) bond motifs is 3. The monoisotopic (exact) mass is 304 g/mol. The molecule has 2 aromatic carbocycles. The molecule has 0 N–H and O–H groups in total. The van der Waals surface area contributed by atoms with Crippen molar-refractivity contribution in [3.63, 3.8) is 0 Å². The lowest BCUT2D eigenvalue weighted by molar-refractivity contribution is 0.489. The van der Waals surface area contributed by atoms with E-state index in [4.69, 9.17) is 4.40 Å². The molecule has 3 aliphatic rings. The summed E-state index contributed by atoms with van der Waals surface area (Å²) in [6.45, 7) is 6.41. The fraction of sp³-hybridized carbons (Fsp3) is 0.211. The smallest absolute Gasteiger partial charge is 0.150 e. The summed E-state index contributed by atoms with van der Waals surface area (Å²) in [7, 11) is 0. The fourth-order valence-corrected chi connectivity index (χ4v) is 5.15. The maximum absolute atomic E-state index is 4.83. The second-order valence-corrected chi connectivity index (χ2v) is 7.07. The van der Waals surface area contributed by atoms with Crippen molar-refractivity contribution in [2.45, 2.75) is 18.2 Å². The molecule has 3 aliphatic heterocycles. The third-order valence-corrected chi connectivity index (χ3v) is 6.26. The van der Waals surface area contributed by atoms with Gasteiger partial charge in [-0.1, -0.05) is 55.5 Å². The van der Waals surface area contributed by atoms with Crippen LogP contribution in [0.15, 0.2) is 59.5 Å². The van der Waals surface area contributed by atoms with Gasteiger partial charge in [0, 0.05) is 29.0 Å². The van der Waals surface area contributed by atoms with Crippen LogP contribution in [0.2, 0.25) is 0 Å². The predicted octanol–water partition coefficient (Wildman–Crippen LogP) is 4.83. The van der Waals surface area contributed by atoms with Gasteiger partial charge >= 0.3 is 0 Å². The summed E-state index contributed by atoms with van der Waals surface area (Å²) in [6, 6.07) is 15.3. The molecule has 3 atom stereocenters. The van der Waals surface area contributed by atoms with Gasteiger partial charge < -0.3 is 4.90 Å². The van der Waals surface area contributed by atoms with Crippen LogP contribution in [-0.4, -0.2) is 11.2 Å². The number of hydrogen-bond donors (Lipinski definition) is 0. The van der Waals surface area contributed by atoms with Crippen molar-refractivity contribution < 1.29 is 0 Å². The molecule has 108 valence electrons. The van der Waals surface area contributed by atoms with Crippen molar-refractivity contribution in [2.24, 2.45) is 10.3 Å². The van der Waals surface area contributed by atoms with Crippen LogP contribution in [0.25, 0.3) is 11.1 Å². The van der Waals surface area contributed by atoms with Crippen LogP contribution in [0.3, 0.4) is 0 Å². The molecule has 0 aromatic heterocycles. The lowest BCUT2D eigenvalue weighted by atomic mass is 9.77. The largest absolute Gasteiger partial charge is 0.310 e.